The molecule has 1 unspecified atom stereocenters. The van der Waals surface area contributed by atoms with Crippen LogP contribution in [0.5, 0.6) is 0 Å². The molecule has 2 saturated heterocycles. The zero-order valence-corrected chi connectivity index (χ0v) is 19.4. The van der Waals surface area contributed by atoms with E-state index in [-0.39, 0.29) is 23.6 Å². The fourth-order valence-corrected chi connectivity index (χ4v) is 5.36. The molecule has 2 fully saturated rings. The van der Waals surface area contributed by atoms with Crippen LogP contribution in [0.25, 0.3) is 0 Å². The monoisotopic (exact) mass is 453 g/mol. The molecule has 3 amide bonds. The van der Waals surface area contributed by atoms with Gasteiger partial charge in [0.05, 0.1) is 4.88 Å². The number of piperidine rings is 2. The second-order valence-corrected chi connectivity index (χ2v) is 9.71. The first-order chi connectivity index (χ1) is 15.5. The van der Waals surface area contributed by atoms with E-state index in [0.29, 0.717) is 30.8 Å². The Morgan fingerprint density at radius 1 is 0.938 bits per heavy atom. The number of hydrogen-bond donors (Lipinski definition) is 1. The van der Waals surface area contributed by atoms with Crippen molar-refractivity contribution in [2.24, 2.45) is 5.92 Å². The zero-order chi connectivity index (χ0) is 22.5. The number of carbonyl (C=O) groups excluding carboxylic acids is 3. The Kier molecular flexibility index (Phi) is 7.25. The van der Waals surface area contributed by atoms with Crippen LogP contribution in [0.15, 0.2) is 41.8 Å². The largest absolute Gasteiger partial charge is 0.341 e. The average Bonchev–Trinajstić information content (AvgIpc) is 3.38. The molecule has 0 aliphatic carbocycles. The van der Waals surface area contributed by atoms with Gasteiger partial charge in [-0.15, -0.1) is 11.3 Å². The van der Waals surface area contributed by atoms with E-state index in [4.69, 9.17) is 0 Å². The van der Waals surface area contributed by atoms with Gasteiger partial charge in [-0.05, 0) is 68.0 Å². The molecule has 2 aromatic rings. The van der Waals surface area contributed by atoms with Crippen LogP contribution in [0.3, 0.4) is 0 Å². The molecule has 6 nitrogen and oxygen atoms in total. The smallest absolute Gasteiger partial charge is 0.262 e. The van der Waals surface area contributed by atoms with Crippen LogP contribution in [-0.4, -0.2) is 59.7 Å². The molecule has 0 bridgehead atoms. The van der Waals surface area contributed by atoms with Gasteiger partial charge < -0.3 is 15.1 Å². The van der Waals surface area contributed by atoms with Gasteiger partial charge >= 0.3 is 0 Å². The number of aryl methyl sites for hydroxylation is 1. The quantitative estimate of drug-likeness (QED) is 0.750. The fraction of sp³-hybridized carbons (Fsp3) is 0.480. The van der Waals surface area contributed by atoms with Gasteiger partial charge in [-0.25, -0.2) is 0 Å². The number of rotatable bonds is 5. The Balaban J connectivity index is 1.45. The van der Waals surface area contributed by atoms with E-state index in [9.17, 15) is 14.4 Å². The lowest BCUT2D eigenvalue weighted by molar-refractivity contribution is -0.136. The first-order valence-electron chi connectivity index (χ1n) is 11.5. The van der Waals surface area contributed by atoms with Crippen molar-refractivity contribution < 1.29 is 14.4 Å². The maximum absolute atomic E-state index is 13.4. The van der Waals surface area contributed by atoms with Crippen LogP contribution in [0.2, 0.25) is 0 Å². The van der Waals surface area contributed by atoms with Gasteiger partial charge in [0, 0.05) is 31.7 Å². The summed E-state index contributed by atoms with van der Waals surface area (Å²) in [7, 11) is 0. The highest BCUT2D eigenvalue weighted by molar-refractivity contribution is 7.12. The third kappa shape index (κ3) is 5.04. The fourth-order valence-electron chi connectivity index (χ4n) is 4.73. The highest BCUT2D eigenvalue weighted by Gasteiger charge is 2.36. The van der Waals surface area contributed by atoms with E-state index in [1.807, 2.05) is 52.4 Å². The van der Waals surface area contributed by atoms with Crippen molar-refractivity contribution in [3.63, 3.8) is 0 Å². The Morgan fingerprint density at radius 2 is 1.66 bits per heavy atom. The molecule has 2 aliphatic rings. The number of nitrogens with zero attached hydrogens (tertiary/aromatic N) is 2. The topological polar surface area (TPSA) is 69.7 Å². The van der Waals surface area contributed by atoms with Crippen molar-refractivity contribution in [2.75, 3.05) is 26.2 Å². The first kappa shape index (κ1) is 22.5. The molecule has 0 spiro atoms. The number of amides is 3. The summed E-state index contributed by atoms with van der Waals surface area (Å²) in [6.45, 7) is 4.66. The van der Waals surface area contributed by atoms with Gasteiger partial charge in [0.2, 0.25) is 5.91 Å². The summed E-state index contributed by atoms with van der Waals surface area (Å²) in [6.07, 6.45) is 4.58. The third-order valence-electron chi connectivity index (χ3n) is 6.64. The number of nitrogens with one attached hydrogen (secondary N) is 1. The number of benzene rings is 1. The van der Waals surface area contributed by atoms with Crippen molar-refractivity contribution in [1.29, 1.82) is 0 Å². The number of thiophene rings is 1. The van der Waals surface area contributed by atoms with E-state index < -0.39 is 6.04 Å². The SMILES string of the molecule is Cc1ccccc1C(=O)N1CCC(C(NC(=O)c2cccs2)C(=O)N2CCCCC2)CC1. The normalized spacial score (nSPS) is 18.3. The molecule has 1 aromatic carbocycles. The van der Waals surface area contributed by atoms with E-state index in [0.717, 1.165) is 43.5 Å². The summed E-state index contributed by atoms with van der Waals surface area (Å²) in [5, 5.41) is 4.91. The predicted octanol–water partition coefficient (Wildman–Crippen LogP) is 3.72. The highest BCUT2D eigenvalue weighted by Crippen LogP contribution is 2.25. The van der Waals surface area contributed by atoms with Crippen LogP contribution in [0.1, 0.15) is 57.7 Å². The van der Waals surface area contributed by atoms with Gasteiger partial charge in [-0.1, -0.05) is 24.3 Å². The molecule has 7 heteroatoms. The predicted molar refractivity (Wildman–Crippen MR) is 126 cm³/mol. The molecule has 4 rings (SSSR count). The molecule has 1 N–H and O–H groups in total. The molecular weight excluding hydrogens is 422 g/mol. The Morgan fingerprint density at radius 3 is 2.31 bits per heavy atom. The molecule has 2 aliphatic heterocycles. The van der Waals surface area contributed by atoms with Crippen LogP contribution in [0.4, 0.5) is 0 Å². The van der Waals surface area contributed by atoms with E-state index in [2.05, 4.69) is 5.32 Å². The number of hydrogen-bond acceptors (Lipinski definition) is 4. The molecule has 32 heavy (non-hydrogen) atoms. The number of carbonyl (C=O) groups is 3. The summed E-state index contributed by atoms with van der Waals surface area (Å²) >= 11 is 1.38. The first-order valence-corrected chi connectivity index (χ1v) is 12.4. The van der Waals surface area contributed by atoms with E-state index >= 15 is 0 Å². The lowest BCUT2D eigenvalue weighted by Gasteiger charge is -2.38. The van der Waals surface area contributed by atoms with Crippen molar-refractivity contribution in [2.45, 2.75) is 45.1 Å². The number of likely N-dealkylation sites (tertiary alicyclic amines) is 2. The van der Waals surface area contributed by atoms with Crippen LogP contribution < -0.4 is 5.32 Å². The maximum Gasteiger partial charge on any atom is 0.262 e. The van der Waals surface area contributed by atoms with Crippen molar-refractivity contribution in [1.82, 2.24) is 15.1 Å². The van der Waals surface area contributed by atoms with Gasteiger partial charge in [-0.2, -0.15) is 0 Å². The second kappa shape index (κ2) is 10.3. The molecular formula is C25H31N3O3S. The van der Waals surface area contributed by atoms with E-state index in [1.165, 1.54) is 11.3 Å². The van der Waals surface area contributed by atoms with Gasteiger partial charge in [0.1, 0.15) is 6.04 Å². The molecule has 3 heterocycles. The van der Waals surface area contributed by atoms with Gasteiger partial charge in [0.25, 0.3) is 11.8 Å². The lowest BCUT2D eigenvalue weighted by atomic mass is 9.87. The molecule has 1 aromatic heterocycles. The maximum atomic E-state index is 13.4. The zero-order valence-electron chi connectivity index (χ0n) is 18.6. The molecule has 0 radical (unpaired) electrons. The minimum Gasteiger partial charge on any atom is -0.341 e. The van der Waals surface area contributed by atoms with Crippen molar-refractivity contribution >= 4 is 29.1 Å². The summed E-state index contributed by atoms with van der Waals surface area (Å²) < 4.78 is 0. The minimum atomic E-state index is -0.543. The summed E-state index contributed by atoms with van der Waals surface area (Å²) in [6, 6.07) is 10.7. The van der Waals surface area contributed by atoms with Crippen LogP contribution in [-0.2, 0) is 4.79 Å². The van der Waals surface area contributed by atoms with Crippen molar-refractivity contribution in [3.05, 3.63) is 57.8 Å². The molecule has 0 saturated carbocycles. The lowest BCUT2D eigenvalue weighted by Crippen LogP contribution is -2.55. The van der Waals surface area contributed by atoms with Crippen LogP contribution in [0, 0.1) is 12.8 Å². The minimum absolute atomic E-state index is 0.0225. The summed E-state index contributed by atoms with van der Waals surface area (Å²) in [5.74, 6) is -0.0931. The van der Waals surface area contributed by atoms with Gasteiger partial charge in [0.15, 0.2) is 0 Å². The Hall–Kier alpha value is -2.67. The highest BCUT2D eigenvalue weighted by atomic mass is 32.1. The second-order valence-electron chi connectivity index (χ2n) is 8.76. The van der Waals surface area contributed by atoms with Crippen molar-refractivity contribution in [3.8, 4) is 0 Å². The Labute approximate surface area is 193 Å². The summed E-state index contributed by atoms with van der Waals surface area (Å²) in [4.78, 5) is 43.6. The standard InChI is InChI=1S/C25H31N3O3S/c1-18-8-3-4-9-20(18)24(30)28-15-11-19(12-16-28)22(25(31)27-13-5-2-6-14-27)26-23(29)21-10-7-17-32-21/h3-4,7-10,17,19,22H,2,5-6,11-16H2,1H3,(H,26,29). The molecule has 170 valence electrons. The average molecular weight is 454 g/mol. The van der Waals surface area contributed by atoms with Gasteiger partial charge in [-0.3, -0.25) is 14.4 Å². The Bertz CT molecular complexity index is 945. The third-order valence-corrected chi connectivity index (χ3v) is 7.51. The molecule has 1 atom stereocenters. The summed E-state index contributed by atoms with van der Waals surface area (Å²) in [5.41, 5.74) is 1.71. The van der Waals surface area contributed by atoms with Crippen LogP contribution >= 0.6 is 11.3 Å². The van der Waals surface area contributed by atoms with E-state index in [1.54, 1.807) is 6.07 Å².